The molecule has 27 heavy (non-hydrogen) atoms. The van der Waals surface area contributed by atoms with Gasteiger partial charge in [-0.15, -0.1) is 5.10 Å². The first-order chi connectivity index (χ1) is 13.2. The molecule has 5 heterocycles. The molecule has 3 aliphatic rings. The lowest BCUT2D eigenvalue weighted by molar-refractivity contribution is -0.138. The van der Waals surface area contributed by atoms with E-state index < -0.39 is 0 Å². The predicted molar refractivity (Wildman–Crippen MR) is 97.5 cm³/mol. The number of carbonyl (C=O) groups excluding carboxylic acids is 2. The van der Waals surface area contributed by atoms with Gasteiger partial charge in [0.1, 0.15) is 12.2 Å². The van der Waals surface area contributed by atoms with Crippen molar-refractivity contribution in [2.45, 2.75) is 43.5 Å². The number of likely N-dealkylation sites (tertiary alicyclic amines) is 2. The molecule has 142 valence electrons. The van der Waals surface area contributed by atoms with E-state index in [1.165, 1.54) is 11.3 Å². The molecule has 0 saturated carbocycles. The van der Waals surface area contributed by atoms with Gasteiger partial charge in [0, 0.05) is 43.1 Å². The Labute approximate surface area is 160 Å². The number of rotatable bonds is 5. The van der Waals surface area contributed by atoms with Crippen LogP contribution < -0.4 is 0 Å². The second kappa shape index (κ2) is 6.66. The lowest BCUT2D eigenvalue weighted by Gasteiger charge is -2.38. The summed E-state index contributed by atoms with van der Waals surface area (Å²) < 4.78 is 3.66. The molecule has 0 bridgehead atoms. The molecule has 2 aromatic heterocycles. The van der Waals surface area contributed by atoms with Crippen LogP contribution in [0.4, 0.5) is 0 Å². The summed E-state index contributed by atoms with van der Waals surface area (Å²) in [5, 5.41) is 12.7. The van der Waals surface area contributed by atoms with Crippen LogP contribution in [0.1, 0.15) is 35.8 Å². The largest absolute Gasteiger partial charge is 0.337 e. The van der Waals surface area contributed by atoms with Crippen LogP contribution in [-0.2, 0) is 34.2 Å². The number of thioether (sulfide) groups is 1. The van der Waals surface area contributed by atoms with Gasteiger partial charge < -0.3 is 9.80 Å². The number of fused-ring (bicyclic) bond motifs is 1. The molecule has 2 amide bonds. The molecular formula is C17H21N7O2S. The van der Waals surface area contributed by atoms with Crippen LogP contribution in [0.15, 0.2) is 12.4 Å². The van der Waals surface area contributed by atoms with E-state index in [0.29, 0.717) is 32.6 Å². The molecule has 2 fully saturated rings. The number of aromatic nitrogens is 5. The maximum atomic E-state index is 12.5. The Bertz CT molecular complexity index is 886. The summed E-state index contributed by atoms with van der Waals surface area (Å²) >= 11 is 1.86. The van der Waals surface area contributed by atoms with Gasteiger partial charge in [-0.25, -0.2) is 4.68 Å². The fourth-order valence-corrected chi connectivity index (χ4v) is 4.91. The van der Waals surface area contributed by atoms with Gasteiger partial charge in [-0.1, -0.05) is 5.21 Å². The molecule has 0 spiro atoms. The number of nitrogens with zero attached hydrogens (tertiary/aromatic N) is 7. The van der Waals surface area contributed by atoms with Crippen molar-refractivity contribution in [3.8, 4) is 0 Å². The second-order valence-electron chi connectivity index (χ2n) is 7.33. The van der Waals surface area contributed by atoms with Crippen LogP contribution in [0, 0.1) is 0 Å². The molecule has 3 aliphatic heterocycles. The van der Waals surface area contributed by atoms with Crippen molar-refractivity contribution in [3.63, 3.8) is 0 Å². The van der Waals surface area contributed by atoms with Crippen LogP contribution in [0.2, 0.25) is 0 Å². The minimum atomic E-state index is 0.0945. The average molecular weight is 387 g/mol. The topological polar surface area (TPSA) is 89.2 Å². The van der Waals surface area contributed by atoms with Crippen LogP contribution in [0.5, 0.6) is 0 Å². The first-order valence-corrected chi connectivity index (χ1v) is 10.4. The van der Waals surface area contributed by atoms with Gasteiger partial charge in [-0.3, -0.25) is 14.3 Å². The van der Waals surface area contributed by atoms with Crippen molar-refractivity contribution in [1.29, 1.82) is 0 Å². The van der Waals surface area contributed by atoms with Gasteiger partial charge in [-0.05, 0) is 6.42 Å². The Kier molecular flexibility index (Phi) is 4.14. The van der Waals surface area contributed by atoms with E-state index in [-0.39, 0.29) is 17.9 Å². The van der Waals surface area contributed by atoms with Crippen LogP contribution in [0.25, 0.3) is 0 Å². The molecule has 2 aromatic rings. The van der Waals surface area contributed by atoms with Gasteiger partial charge in [0.2, 0.25) is 11.8 Å². The summed E-state index contributed by atoms with van der Waals surface area (Å²) in [7, 11) is 0. The third-order valence-electron chi connectivity index (χ3n) is 5.49. The van der Waals surface area contributed by atoms with Crippen molar-refractivity contribution in [1.82, 2.24) is 34.6 Å². The molecule has 9 nitrogen and oxygen atoms in total. The van der Waals surface area contributed by atoms with Gasteiger partial charge in [0.05, 0.1) is 30.7 Å². The van der Waals surface area contributed by atoms with Crippen LogP contribution in [0.3, 0.4) is 0 Å². The molecule has 2 saturated heterocycles. The highest BCUT2D eigenvalue weighted by Gasteiger charge is 2.33. The van der Waals surface area contributed by atoms with Gasteiger partial charge in [-0.2, -0.15) is 16.9 Å². The summed E-state index contributed by atoms with van der Waals surface area (Å²) in [6, 6.07) is 0.156. The van der Waals surface area contributed by atoms with Crippen molar-refractivity contribution in [3.05, 3.63) is 29.3 Å². The molecule has 0 atom stereocenters. The molecule has 0 N–H and O–H groups in total. The zero-order valence-electron chi connectivity index (χ0n) is 15.0. The summed E-state index contributed by atoms with van der Waals surface area (Å²) in [6.07, 6.45) is 5.33. The summed E-state index contributed by atoms with van der Waals surface area (Å²) in [5.41, 5.74) is 3.24. The van der Waals surface area contributed by atoms with E-state index in [1.807, 2.05) is 43.3 Å². The quantitative estimate of drug-likeness (QED) is 0.739. The zero-order chi connectivity index (χ0) is 18.4. The standard InChI is InChI=1S/C17H21N7O2S/c25-16-2-1-3-21(16)5-13-6-23(20-19-13)14-7-22(8-14)17(26)9-24-15-11-27-10-12(15)4-18-24/h4,6,14H,1-3,5,7-11H2. The summed E-state index contributed by atoms with van der Waals surface area (Å²) in [4.78, 5) is 27.9. The lowest BCUT2D eigenvalue weighted by Crippen LogP contribution is -2.52. The maximum absolute atomic E-state index is 12.5. The number of carbonyl (C=O) groups is 2. The predicted octanol–water partition coefficient (Wildman–Crippen LogP) is 0.427. The zero-order valence-corrected chi connectivity index (χ0v) is 15.8. The Balaban J connectivity index is 1.15. The van der Waals surface area contributed by atoms with E-state index in [2.05, 4.69) is 15.4 Å². The Morgan fingerprint density at radius 2 is 2.19 bits per heavy atom. The van der Waals surface area contributed by atoms with Gasteiger partial charge in [0.25, 0.3) is 0 Å². The summed E-state index contributed by atoms with van der Waals surface area (Å²) in [5.74, 6) is 2.21. The van der Waals surface area contributed by atoms with E-state index in [4.69, 9.17) is 0 Å². The monoisotopic (exact) mass is 387 g/mol. The Morgan fingerprint density at radius 3 is 3.00 bits per heavy atom. The third-order valence-corrected chi connectivity index (χ3v) is 6.48. The molecule has 5 rings (SSSR count). The highest BCUT2D eigenvalue weighted by molar-refractivity contribution is 7.98. The van der Waals surface area contributed by atoms with Crippen molar-refractivity contribution in [2.75, 3.05) is 19.6 Å². The first kappa shape index (κ1) is 16.8. The second-order valence-corrected chi connectivity index (χ2v) is 8.31. The normalized spacial score (nSPS) is 19.6. The lowest BCUT2D eigenvalue weighted by atomic mass is 10.1. The van der Waals surface area contributed by atoms with E-state index >= 15 is 0 Å². The van der Waals surface area contributed by atoms with E-state index in [0.717, 1.165) is 30.2 Å². The molecule has 0 unspecified atom stereocenters. The molecule has 10 heteroatoms. The third kappa shape index (κ3) is 3.11. The van der Waals surface area contributed by atoms with E-state index in [1.54, 1.807) is 0 Å². The molecule has 0 radical (unpaired) electrons. The highest BCUT2D eigenvalue weighted by atomic mass is 32.2. The fourth-order valence-electron chi connectivity index (χ4n) is 3.82. The summed E-state index contributed by atoms with van der Waals surface area (Å²) in [6.45, 7) is 2.91. The van der Waals surface area contributed by atoms with E-state index in [9.17, 15) is 9.59 Å². The maximum Gasteiger partial charge on any atom is 0.244 e. The van der Waals surface area contributed by atoms with Crippen LogP contribution in [-0.4, -0.2) is 66.0 Å². The first-order valence-electron chi connectivity index (χ1n) is 9.25. The molecule has 0 aromatic carbocycles. The SMILES string of the molecule is O=C1CCCN1Cc1cn(C2CN(C(=O)Cn3ncc4c3CSC4)C2)nn1. The minimum Gasteiger partial charge on any atom is -0.337 e. The Hall–Kier alpha value is -2.36. The van der Waals surface area contributed by atoms with Gasteiger partial charge >= 0.3 is 0 Å². The smallest absolute Gasteiger partial charge is 0.244 e. The minimum absolute atomic E-state index is 0.0945. The number of hydrogen-bond donors (Lipinski definition) is 0. The Morgan fingerprint density at radius 1 is 1.30 bits per heavy atom. The fraction of sp³-hybridized carbons (Fsp3) is 0.588. The number of amides is 2. The molecule has 0 aliphatic carbocycles. The van der Waals surface area contributed by atoms with Crippen molar-refractivity contribution >= 4 is 23.6 Å². The highest BCUT2D eigenvalue weighted by Crippen LogP contribution is 2.29. The van der Waals surface area contributed by atoms with Crippen molar-refractivity contribution in [2.24, 2.45) is 0 Å². The average Bonchev–Trinajstić information content (AvgIpc) is 3.35. The molecular weight excluding hydrogens is 366 g/mol. The number of hydrogen-bond acceptors (Lipinski definition) is 6. The van der Waals surface area contributed by atoms with Crippen molar-refractivity contribution < 1.29 is 9.59 Å². The van der Waals surface area contributed by atoms with Crippen LogP contribution >= 0.6 is 11.8 Å². The van der Waals surface area contributed by atoms with Gasteiger partial charge in [0.15, 0.2) is 0 Å².